The van der Waals surface area contributed by atoms with Gasteiger partial charge in [-0.2, -0.15) is 11.8 Å². The summed E-state index contributed by atoms with van der Waals surface area (Å²) in [5.74, 6) is 1.33. The van der Waals surface area contributed by atoms with Gasteiger partial charge in [-0.3, -0.25) is 0 Å². The van der Waals surface area contributed by atoms with Crippen LogP contribution >= 0.6 is 11.8 Å². The van der Waals surface area contributed by atoms with Gasteiger partial charge in [-0.1, -0.05) is 58.3 Å². The van der Waals surface area contributed by atoms with Crippen LogP contribution < -0.4 is 5.32 Å². The molecule has 1 aliphatic carbocycles. The first-order valence-electron chi connectivity index (χ1n) is 8.15. The highest BCUT2D eigenvalue weighted by atomic mass is 32.2. The molecule has 1 rings (SSSR count). The summed E-state index contributed by atoms with van der Waals surface area (Å²) in [7, 11) is 2.14. The molecule has 1 atom stereocenters. The van der Waals surface area contributed by atoms with Crippen LogP contribution in [0.15, 0.2) is 0 Å². The highest BCUT2D eigenvalue weighted by molar-refractivity contribution is 7.99. The van der Waals surface area contributed by atoms with Crippen LogP contribution in [-0.4, -0.2) is 24.1 Å². The summed E-state index contributed by atoms with van der Waals surface area (Å²) in [5, 5.41) is 4.48. The zero-order valence-corrected chi connectivity index (χ0v) is 13.4. The van der Waals surface area contributed by atoms with E-state index in [0.717, 1.165) is 11.3 Å². The van der Waals surface area contributed by atoms with Crippen LogP contribution in [-0.2, 0) is 0 Å². The molecule has 1 fully saturated rings. The molecule has 0 heterocycles. The molecule has 1 saturated carbocycles. The van der Waals surface area contributed by atoms with Crippen molar-refractivity contribution in [1.29, 1.82) is 0 Å². The van der Waals surface area contributed by atoms with Crippen molar-refractivity contribution >= 4 is 11.8 Å². The van der Waals surface area contributed by atoms with Gasteiger partial charge in [0, 0.05) is 17.0 Å². The van der Waals surface area contributed by atoms with Gasteiger partial charge < -0.3 is 5.32 Å². The van der Waals surface area contributed by atoms with Gasteiger partial charge in [0.15, 0.2) is 0 Å². The fourth-order valence-electron chi connectivity index (χ4n) is 2.79. The Morgan fingerprint density at radius 2 is 1.78 bits per heavy atom. The highest BCUT2D eigenvalue weighted by Crippen LogP contribution is 2.29. The maximum atomic E-state index is 3.51. The number of hydrogen-bond acceptors (Lipinski definition) is 2. The van der Waals surface area contributed by atoms with Crippen molar-refractivity contribution in [2.45, 2.75) is 88.8 Å². The lowest BCUT2D eigenvalue weighted by Gasteiger charge is -2.24. The average Bonchev–Trinajstić information content (AvgIpc) is 2.43. The molecule has 2 heteroatoms. The molecule has 0 aromatic heterocycles. The third-order valence-electron chi connectivity index (χ3n) is 4.15. The first-order chi connectivity index (χ1) is 8.86. The molecule has 0 radical (unpaired) electrons. The maximum Gasteiger partial charge on any atom is 0.0155 e. The summed E-state index contributed by atoms with van der Waals surface area (Å²) in [6.07, 6.45) is 15.8. The lowest BCUT2D eigenvalue weighted by molar-refractivity contribution is 0.505. The topological polar surface area (TPSA) is 12.0 Å². The Balaban J connectivity index is 2.01. The van der Waals surface area contributed by atoms with E-state index >= 15 is 0 Å². The fourth-order valence-corrected chi connectivity index (χ4v) is 4.29. The normalized spacial score (nSPS) is 19.0. The van der Waals surface area contributed by atoms with E-state index < -0.39 is 0 Å². The molecule has 0 aromatic rings. The lowest BCUT2D eigenvalue weighted by atomic mass is 10.0. The summed E-state index contributed by atoms with van der Waals surface area (Å²) in [6.45, 7) is 2.29. The summed E-state index contributed by atoms with van der Waals surface area (Å²) >= 11 is 2.24. The van der Waals surface area contributed by atoms with Crippen molar-refractivity contribution in [3.8, 4) is 0 Å². The van der Waals surface area contributed by atoms with E-state index in [4.69, 9.17) is 0 Å². The van der Waals surface area contributed by atoms with E-state index in [0.29, 0.717) is 0 Å². The fraction of sp³-hybridized carbons (Fsp3) is 1.00. The van der Waals surface area contributed by atoms with E-state index in [1.165, 1.54) is 76.4 Å². The first-order valence-corrected chi connectivity index (χ1v) is 9.20. The average molecular weight is 272 g/mol. The lowest BCUT2D eigenvalue weighted by Crippen LogP contribution is -2.28. The van der Waals surface area contributed by atoms with Crippen molar-refractivity contribution in [2.24, 2.45) is 0 Å². The number of unbranched alkanes of at least 4 members (excludes halogenated alkanes) is 4. The Morgan fingerprint density at radius 1 is 1.06 bits per heavy atom. The van der Waals surface area contributed by atoms with Crippen LogP contribution in [0.5, 0.6) is 0 Å². The van der Waals surface area contributed by atoms with Gasteiger partial charge in [0.1, 0.15) is 0 Å². The van der Waals surface area contributed by atoms with Crippen molar-refractivity contribution in [2.75, 3.05) is 12.8 Å². The Hall–Kier alpha value is 0.310. The molecule has 0 aliphatic heterocycles. The van der Waals surface area contributed by atoms with Crippen LogP contribution in [0, 0.1) is 0 Å². The van der Waals surface area contributed by atoms with Gasteiger partial charge in [0.2, 0.25) is 0 Å². The minimum absolute atomic E-state index is 0.749. The van der Waals surface area contributed by atoms with Crippen LogP contribution in [0.25, 0.3) is 0 Å². The van der Waals surface area contributed by atoms with Gasteiger partial charge in [-0.25, -0.2) is 0 Å². The number of rotatable bonds is 10. The monoisotopic (exact) mass is 271 g/mol. The molecular formula is C16H33NS. The third kappa shape index (κ3) is 7.68. The van der Waals surface area contributed by atoms with Crippen molar-refractivity contribution in [1.82, 2.24) is 5.32 Å². The zero-order chi connectivity index (χ0) is 13.1. The quantitative estimate of drug-likeness (QED) is 0.561. The summed E-state index contributed by atoms with van der Waals surface area (Å²) in [4.78, 5) is 0. The van der Waals surface area contributed by atoms with Gasteiger partial charge >= 0.3 is 0 Å². The standard InChI is InChI=1S/C16H33NS/c1-3-4-5-6-8-11-15(17-2)14-18-16-12-9-7-10-13-16/h15-17H,3-14H2,1-2H3. The van der Waals surface area contributed by atoms with E-state index in [1.807, 2.05) is 0 Å². The molecule has 18 heavy (non-hydrogen) atoms. The Morgan fingerprint density at radius 3 is 2.44 bits per heavy atom. The van der Waals surface area contributed by atoms with E-state index in [9.17, 15) is 0 Å². The molecule has 1 nitrogen and oxygen atoms in total. The van der Waals surface area contributed by atoms with Crippen LogP contribution in [0.1, 0.15) is 77.6 Å². The van der Waals surface area contributed by atoms with Gasteiger partial charge in [0.05, 0.1) is 0 Å². The van der Waals surface area contributed by atoms with E-state index in [-0.39, 0.29) is 0 Å². The van der Waals surface area contributed by atoms with Crippen LogP contribution in [0.2, 0.25) is 0 Å². The third-order valence-corrected chi connectivity index (χ3v) is 5.69. The van der Waals surface area contributed by atoms with Gasteiger partial charge in [0.25, 0.3) is 0 Å². The summed E-state index contributed by atoms with van der Waals surface area (Å²) < 4.78 is 0. The predicted molar refractivity (Wildman–Crippen MR) is 85.6 cm³/mol. The summed E-state index contributed by atoms with van der Waals surface area (Å²) in [5.41, 5.74) is 0. The number of hydrogen-bond donors (Lipinski definition) is 1. The van der Waals surface area contributed by atoms with Crippen molar-refractivity contribution in [3.05, 3.63) is 0 Å². The Bertz CT molecular complexity index is 178. The number of nitrogens with one attached hydrogen (secondary N) is 1. The maximum absolute atomic E-state index is 3.51. The Kier molecular flexibility index (Phi) is 10.1. The molecular weight excluding hydrogens is 238 g/mol. The zero-order valence-electron chi connectivity index (χ0n) is 12.5. The van der Waals surface area contributed by atoms with Crippen molar-refractivity contribution < 1.29 is 0 Å². The first kappa shape index (κ1) is 16.4. The summed E-state index contributed by atoms with van der Waals surface area (Å²) in [6, 6.07) is 0.749. The molecule has 1 N–H and O–H groups in total. The number of thioether (sulfide) groups is 1. The molecule has 0 amide bonds. The van der Waals surface area contributed by atoms with Crippen LogP contribution in [0.3, 0.4) is 0 Å². The minimum Gasteiger partial charge on any atom is -0.316 e. The largest absolute Gasteiger partial charge is 0.316 e. The molecule has 1 aliphatic rings. The Labute approximate surface area is 119 Å². The van der Waals surface area contributed by atoms with Gasteiger partial charge in [-0.15, -0.1) is 0 Å². The molecule has 108 valence electrons. The smallest absolute Gasteiger partial charge is 0.0155 e. The van der Waals surface area contributed by atoms with Gasteiger partial charge in [-0.05, 0) is 26.3 Å². The predicted octanol–water partition coefficient (Wildman–Crippen LogP) is 5.00. The minimum atomic E-state index is 0.749. The van der Waals surface area contributed by atoms with E-state index in [2.05, 4.69) is 31.1 Å². The van der Waals surface area contributed by atoms with E-state index in [1.54, 1.807) is 0 Å². The second kappa shape index (κ2) is 11.2. The molecule has 0 saturated heterocycles. The second-order valence-corrected chi connectivity index (χ2v) is 7.12. The highest BCUT2D eigenvalue weighted by Gasteiger charge is 2.15. The molecule has 0 aromatic carbocycles. The SMILES string of the molecule is CCCCCCCC(CSC1CCCCC1)NC. The second-order valence-electron chi connectivity index (χ2n) is 5.78. The molecule has 0 bridgehead atoms. The molecule has 1 unspecified atom stereocenters. The van der Waals surface area contributed by atoms with Crippen LogP contribution in [0.4, 0.5) is 0 Å². The molecule has 0 spiro atoms. The van der Waals surface area contributed by atoms with Crippen molar-refractivity contribution in [3.63, 3.8) is 0 Å².